The Morgan fingerprint density at radius 2 is 1.73 bits per heavy atom. The Balaban J connectivity index is 1.69. The van der Waals surface area contributed by atoms with Crippen LogP contribution in [0.25, 0.3) is 33.4 Å². The van der Waals surface area contributed by atoms with E-state index in [1.165, 1.54) is 0 Å². The molecule has 8 nitrogen and oxygen atoms in total. The number of rotatable bonds is 7. The van der Waals surface area contributed by atoms with Crippen molar-refractivity contribution in [1.29, 1.82) is 0 Å². The SMILES string of the molecule is CC/N=c1\cc2oc3cc(NCC)c(C)cc3c(-c3ccccc3C(=O)N3CCN(CC(N)=O)CC3)c-2cc1C. The van der Waals surface area contributed by atoms with Crippen LogP contribution in [0.5, 0.6) is 0 Å². The lowest BCUT2D eigenvalue weighted by Crippen LogP contribution is -2.50. The number of carbonyl (C=O) groups excluding carboxylic acids is 2. The molecule has 1 aliphatic carbocycles. The van der Waals surface area contributed by atoms with Gasteiger partial charge in [-0.15, -0.1) is 0 Å². The fraction of sp³-hybridized carbons (Fsp3) is 0.344. The molecule has 1 saturated heterocycles. The average Bonchev–Trinajstić information content (AvgIpc) is 2.93. The summed E-state index contributed by atoms with van der Waals surface area (Å²) in [6, 6.07) is 16.2. The number of anilines is 1. The fourth-order valence-electron chi connectivity index (χ4n) is 5.59. The van der Waals surface area contributed by atoms with Crippen LogP contribution in [0.15, 0.2) is 57.9 Å². The van der Waals surface area contributed by atoms with Crippen molar-refractivity contribution in [2.75, 3.05) is 51.1 Å². The van der Waals surface area contributed by atoms with Gasteiger partial charge in [0.1, 0.15) is 11.3 Å². The van der Waals surface area contributed by atoms with Gasteiger partial charge in [0, 0.05) is 79.2 Å². The smallest absolute Gasteiger partial charge is 0.254 e. The van der Waals surface area contributed by atoms with Crippen LogP contribution in [0.2, 0.25) is 0 Å². The van der Waals surface area contributed by atoms with Gasteiger partial charge >= 0.3 is 0 Å². The highest BCUT2D eigenvalue weighted by atomic mass is 16.3. The molecular weight excluding hydrogens is 502 g/mol. The van der Waals surface area contributed by atoms with Gasteiger partial charge in [-0.1, -0.05) is 18.2 Å². The van der Waals surface area contributed by atoms with Gasteiger partial charge in [-0.25, -0.2) is 0 Å². The van der Waals surface area contributed by atoms with E-state index in [1.807, 2.05) is 47.1 Å². The Hall–Kier alpha value is -4.17. The number of amides is 2. The molecule has 5 rings (SSSR count). The van der Waals surface area contributed by atoms with Crippen LogP contribution in [0, 0.1) is 13.8 Å². The zero-order chi connectivity index (χ0) is 28.4. The van der Waals surface area contributed by atoms with Crippen LogP contribution in [0.4, 0.5) is 5.69 Å². The molecule has 0 radical (unpaired) electrons. The van der Waals surface area contributed by atoms with E-state index in [0.717, 1.165) is 62.1 Å². The highest BCUT2D eigenvalue weighted by Crippen LogP contribution is 2.43. The molecule has 0 bridgehead atoms. The highest BCUT2D eigenvalue weighted by Gasteiger charge is 2.27. The fourth-order valence-corrected chi connectivity index (χ4v) is 5.59. The number of hydrogen-bond acceptors (Lipinski definition) is 6. The summed E-state index contributed by atoms with van der Waals surface area (Å²) in [6.45, 7) is 12.2. The monoisotopic (exact) mass is 539 g/mol. The summed E-state index contributed by atoms with van der Waals surface area (Å²) in [7, 11) is 0. The second kappa shape index (κ2) is 11.5. The molecule has 0 unspecified atom stereocenters. The highest BCUT2D eigenvalue weighted by molar-refractivity contribution is 6.09. The molecule has 0 saturated carbocycles. The standard InChI is InChI=1S/C32H37N5O3/c1-5-34-26-17-28-24(15-20(26)3)31(25-16-21(4)27(35-6-2)18-29(25)40-28)22-9-7-8-10-23(22)32(39)37-13-11-36(12-14-37)19-30(33)38/h7-10,15-18,34H,5-6,11-14,19H2,1-4H3,(H2,33,38)/b35-27+. The molecule has 2 aromatic carbocycles. The molecule has 8 heteroatoms. The topological polar surface area (TPSA) is 104 Å². The predicted octanol–water partition coefficient (Wildman–Crippen LogP) is 4.42. The second-order valence-electron chi connectivity index (χ2n) is 10.4. The van der Waals surface area contributed by atoms with Gasteiger partial charge in [-0.05, 0) is 62.6 Å². The van der Waals surface area contributed by atoms with Crippen molar-refractivity contribution in [3.63, 3.8) is 0 Å². The van der Waals surface area contributed by atoms with Gasteiger partial charge in [-0.3, -0.25) is 19.5 Å². The normalized spacial score (nSPS) is 14.7. The molecule has 40 heavy (non-hydrogen) atoms. The summed E-state index contributed by atoms with van der Waals surface area (Å²) in [5.41, 5.74) is 12.7. The van der Waals surface area contributed by atoms with Crippen LogP contribution in [0.1, 0.15) is 35.3 Å². The minimum atomic E-state index is -0.351. The van der Waals surface area contributed by atoms with Crippen molar-refractivity contribution in [2.24, 2.45) is 10.7 Å². The quantitative estimate of drug-likeness (QED) is 0.339. The average molecular weight is 540 g/mol. The van der Waals surface area contributed by atoms with E-state index in [9.17, 15) is 9.59 Å². The van der Waals surface area contributed by atoms with Crippen molar-refractivity contribution in [3.8, 4) is 22.5 Å². The third-order valence-electron chi connectivity index (χ3n) is 7.54. The molecule has 3 N–H and O–H groups in total. The van der Waals surface area contributed by atoms with Crippen LogP contribution >= 0.6 is 0 Å². The molecule has 2 aromatic rings. The van der Waals surface area contributed by atoms with Crippen LogP contribution in [-0.4, -0.2) is 67.4 Å². The summed E-state index contributed by atoms with van der Waals surface area (Å²) < 4.78 is 6.51. The summed E-state index contributed by atoms with van der Waals surface area (Å²) in [5, 5.41) is 5.29. The second-order valence-corrected chi connectivity index (χ2v) is 10.4. The molecule has 0 atom stereocenters. The van der Waals surface area contributed by atoms with Crippen LogP contribution < -0.4 is 16.4 Å². The number of benzene rings is 3. The maximum absolute atomic E-state index is 14.0. The number of fused-ring (bicyclic) bond motifs is 2. The Bertz CT molecular complexity index is 1620. The Labute approximate surface area is 234 Å². The lowest BCUT2D eigenvalue weighted by atomic mass is 9.89. The molecule has 1 fully saturated rings. The first kappa shape index (κ1) is 27.4. The van der Waals surface area contributed by atoms with Crippen molar-refractivity contribution >= 4 is 28.5 Å². The van der Waals surface area contributed by atoms with Crippen LogP contribution in [-0.2, 0) is 4.79 Å². The van der Waals surface area contributed by atoms with Gasteiger partial charge < -0.3 is 20.4 Å². The maximum atomic E-state index is 14.0. The van der Waals surface area contributed by atoms with Gasteiger partial charge in [0.25, 0.3) is 5.91 Å². The predicted molar refractivity (Wildman–Crippen MR) is 160 cm³/mol. The van der Waals surface area contributed by atoms with Gasteiger partial charge in [-0.2, -0.15) is 0 Å². The van der Waals surface area contributed by atoms with E-state index >= 15 is 0 Å². The van der Waals surface area contributed by atoms with E-state index in [2.05, 4.69) is 49.3 Å². The number of carbonyl (C=O) groups is 2. The van der Waals surface area contributed by atoms with Gasteiger partial charge in [0.2, 0.25) is 5.91 Å². The van der Waals surface area contributed by atoms with Gasteiger partial charge in [0.05, 0.1) is 11.9 Å². The number of hydrogen-bond donors (Lipinski definition) is 2. The van der Waals surface area contributed by atoms with Crippen molar-refractivity contribution in [2.45, 2.75) is 27.7 Å². The lowest BCUT2D eigenvalue weighted by Gasteiger charge is -2.34. The summed E-state index contributed by atoms with van der Waals surface area (Å²) in [4.78, 5) is 33.9. The van der Waals surface area contributed by atoms with E-state index < -0.39 is 0 Å². The molecule has 2 heterocycles. The molecule has 2 amide bonds. The maximum Gasteiger partial charge on any atom is 0.254 e. The van der Waals surface area contributed by atoms with E-state index in [1.54, 1.807) is 0 Å². The number of piperazine rings is 1. The Kier molecular flexibility index (Phi) is 7.89. The number of nitrogens with one attached hydrogen (secondary N) is 1. The molecule has 208 valence electrons. The molecule has 3 aliphatic rings. The van der Waals surface area contributed by atoms with Crippen molar-refractivity contribution < 1.29 is 14.0 Å². The van der Waals surface area contributed by atoms with E-state index in [0.29, 0.717) is 38.3 Å². The van der Waals surface area contributed by atoms with Crippen molar-refractivity contribution in [1.82, 2.24) is 9.80 Å². The largest absolute Gasteiger partial charge is 0.456 e. The Morgan fingerprint density at radius 1 is 0.975 bits per heavy atom. The molecule has 0 spiro atoms. The van der Waals surface area contributed by atoms with E-state index in [-0.39, 0.29) is 18.4 Å². The minimum Gasteiger partial charge on any atom is -0.456 e. The summed E-state index contributed by atoms with van der Waals surface area (Å²) in [5.74, 6) is 0.358. The summed E-state index contributed by atoms with van der Waals surface area (Å²) in [6.07, 6.45) is 0. The zero-order valence-electron chi connectivity index (χ0n) is 23.7. The lowest BCUT2D eigenvalue weighted by molar-refractivity contribution is -0.119. The molecule has 2 aliphatic heterocycles. The zero-order valence-corrected chi connectivity index (χ0v) is 23.7. The third-order valence-corrected chi connectivity index (χ3v) is 7.54. The third kappa shape index (κ3) is 5.31. The Morgan fingerprint density at radius 3 is 2.42 bits per heavy atom. The first-order valence-electron chi connectivity index (χ1n) is 14.0. The first-order valence-corrected chi connectivity index (χ1v) is 14.0. The number of nitrogens with two attached hydrogens (primary N) is 1. The van der Waals surface area contributed by atoms with E-state index in [4.69, 9.17) is 10.2 Å². The number of aryl methyl sites for hydroxylation is 2. The van der Waals surface area contributed by atoms with Crippen LogP contribution in [0.3, 0.4) is 0 Å². The summed E-state index contributed by atoms with van der Waals surface area (Å²) >= 11 is 0. The number of primary amides is 1. The first-order chi connectivity index (χ1) is 19.3. The number of nitrogens with zero attached hydrogens (tertiary/aromatic N) is 3. The van der Waals surface area contributed by atoms with Gasteiger partial charge in [0.15, 0.2) is 0 Å². The van der Waals surface area contributed by atoms with Crippen molar-refractivity contribution in [3.05, 3.63) is 70.6 Å². The minimum absolute atomic E-state index is 0.0215. The molecular formula is C32H37N5O3. The molecule has 0 aromatic heterocycles.